The van der Waals surface area contributed by atoms with Crippen molar-refractivity contribution < 1.29 is 4.79 Å². The van der Waals surface area contributed by atoms with Gasteiger partial charge in [-0.3, -0.25) is 14.0 Å². The van der Waals surface area contributed by atoms with Gasteiger partial charge in [-0.15, -0.1) is 11.3 Å². The van der Waals surface area contributed by atoms with Crippen LogP contribution in [0.25, 0.3) is 15.7 Å². The first-order valence-corrected chi connectivity index (χ1v) is 11.7. The van der Waals surface area contributed by atoms with Crippen molar-refractivity contribution in [3.8, 4) is 0 Å². The second-order valence-corrected chi connectivity index (χ2v) is 9.98. The molecule has 1 saturated heterocycles. The van der Waals surface area contributed by atoms with E-state index in [4.69, 9.17) is 0 Å². The molecule has 0 unspecified atom stereocenters. The molecule has 1 fully saturated rings. The maximum Gasteiger partial charge on any atom is 0.291 e. The van der Waals surface area contributed by atoms with Crippen molar-refractivity contribution in [3.63, 3.8) is 0 Å². The summed E-state index contributed by atoms with van der Waals surface area (Å²) < 4.78 is 3.28. The molecule has 3 aromatic rings. The molecule has 0 spiro atoms. The third kappa shape index (κ3) is 4.16. The highest BCUT2D eigenvalue weighted by atomic mass is 32.1. The minimum absolute atomic E-state index is 0.0471. The maximum absolute atomic E-state index is 13.1. The van der Waals surface area contributed by atoms with Crippen molar-refractivity contribution in [1.82, 2.24) is 24.4 Å². The molecule has 0 bridgehead atoms. The topological polar surface area (TPSA) is 71.6 Å². The van der Waals surface area contributed by atoms with Crippen LogP contribution in [-0.4, -0.2) is 50.7 Å². The minimum Gasteiger partial charge on any atom is -0.350 e. The number of rotatable bonds is 6. The number of carbonyl (C=O) groups excluding carboxylic acids is 1. The number of carbonyl (C=O) groups is 1. The molecule has 7 nitrogen and oxygen atoms in total. The largest absolute Gasteiger partial charge is 0.350 e. The summed E-state index contributed by atoms with van der Waals surface area (Å²) in [4.78, 5) is 29.3. The Bertz CT molecular complexity index is 1110. The molecule has 3 aromatic heterocycles. The summed E-state index contributed by atoms with van der Waals surface area (Å²) in [6, 6.07) is 4.05. The fraction of sp³-hybridized carbons (Fsp3) is 0.591. The standard InChI is InChI=1S/C22H31N5O2S/c1-14(2)11-25-8-5-6-17(12-25)23-19(28)13-26-21(29)18-10-16-7-9-30-22(16)27(18)20(24-26)15(3)4/h7,9-10,14-15,17H,5-6,8,11-13H2,1-4H3,(H,23,28)/t17-/m1/s1. The van der Waals surface area contributed by atoms with Crippen LogP contribution in [0, 0.1) is 5.92 Å². The summed E-state index contributed by atoms with van der Waals surface area (Å²) in [6.07, 6.45) is 2.06. The molecule has 1 aliphatic heterocycles. The number of hydrogen-bond acceptors (Lipinski definition) is 5. The van der Waals surface area contributed by atoms with Gasteiger partial charge in [0.25, 0.3) is 5.56 Å². The summed E-state index contributed by atoms with van der Waals surface area (Å²) in [6.45, 7) is 11.5. The van der Waals surface area contributed by atoms with Gasteiger partial charge in [-0.1, -0.05) is 27.7 Å². The fourth-order valence-electron chi connectivity index (χ4n) is 4.40. The van der Waals surface area contributed by atoms with Crippen LogP contribution in [0.15, 0.2) is 22.3 Å². The van der Waals surface area contributed by atoms with E-state index in [1.165, 1.54) is 4.68 Å². The van der Waals surface area contributed by atoms with Crippen LogP contribution in [0.2, 0.25) is 0 Å². The van der Waals surface area contributed by atoms with Gasteiger partial charge >= 0.3 is 0 Å². The fourth-order valence-corrected chi connectivity index (χ4v) is 5.30. The van der Waals surface area contributed by atoms with Gasteiger partial charge in [0.1, 0.15) is 22.7 Å². The van der Waals surface area contributed by atoms with Crippen LogP contribution in [0.3, 0.4) is 0 Å². The molecule has 8 heteroatoms. The SMILES string of the molecule is CC(C)CN1CCC[C@@H](NC(=O)Cn2nc(C(C)C)n3c(cc4ccsc43)c2=O)C1. The Hall–Kier alpha value is -2.19. The molecule has 1 aliphatic rings. The quantitative estimate of drug-likeness (QED) is 0.654. The lowest BCUT2D eigenvalue weighted by Gasteiger charge is -2.34. The lowest BCUT2D eigenvalue weighted by Crippen LogP contribution is -2.49. The number of thiophene rings is 1. The van der Waals surface area contributed by atoms with Gasteiger partial charge in [0.15, 0.2) is 0 Å². The van der Waals surface area contributed by atoms with Crippen LogP contribution >= 0.6 is 11.3 Å². The van der Waals surface area contributed by atoms with Crippen LogP contribution < -0.4 is 10.9 Å². The van der Waals surface area contributed by atoms with Crippen molar-refractivity contribution in [2.24, 2.45) is 5.92 Å². The third-order valence-corrected chi connectivity index (χ3v) is 6.53. The monoisotopic (exact) mass is 429 g/mol. The zero-order valence-corrected chi connectivity index (χ0v) is 19.0. The van der Waals surface area contributed by atoms with E-state index < -0.39 is 0 Å². The number of amides is 1. The van der Waals surface area contributed by atoms with Gasteiger partial charge in [-0.25, -0.2) is 4.68 Å². The second-order valence-electron chi connectivity index (χ2n) is 9.08. The molecule has 1 N–H and O–H groups in total. The Morgan fingerprint density at radius 1 is 1.33 bits per heavy atom. The summed E-state index contributed by atoms with van der Waals surface area (Å²) in [5, 5.41) is 10.8. The highest BCUT2D eigenvalue weighted by Crippen LogP contribution is 2.26. The molecule has 0 aliphatic carbocycles. The number of nitrogens with zero attached hydrogens (tertiary/aromatic N) is 4. The molecule has 0 saturated carbocycles. The molecule has 162 valence electrons. The Labute approximate surface area is 180 Å². The van der Waals surface area contributed by atoms with Crippen molar-refractivity contribution in [2.45, 2.75) is 59.0 Å². The normalized spacial score (nSPS) is 18.1. The highest BCUT2D eigenvalue weighted by molar-refractivity contribution is 7.16. The summed E-state index contributed by atoms with van der Waals surface area (Å²) in [7, 11) is 0. The molecule has 1 atom stereocenters. The second kappa shape index (κ2) is 8.51. The Morgan fingerprint density at radius 2 is 2.13 bits per heavy atom. The first kappa shape index (κ1) is 21.1. The highest BCUT2D eigenvalue weighted by Gasteiger charge is 2.23. The predicted octanol–water partition coefficient (Wildman–Crippen LogP) is 3.07. The number of aromatic nitrogens is 3. The number of hydrogen-bond donors (Lipinski definition) is 1. The predicted molar refractivity (Wildman–Crippen MR) is 121 cm³/mol. The smallest absolute Gasteiger partial charge is 0.291 e. The number of fused-ring (bicyclic) bond motifs is 3. The van der Waals surface area contributed by atoms with E-state index in [2.05, 4.69) is 43.0 Å². The van der Waals surface area contributed by atoms with Gasteiger partial charge in [-0.05, 0) is 42.8 Å². The Morgan fingerprint density at radius 3 is 2.87 bits per heavy atom. The van der Waals surface area contributed by atoms with Gasteiger partial charge in [-0.2, -0.15) is 5.10 Å². The Kier molecular flexibility index (Phi) is 5.97. The van der Waals surface area contributed by atoms with E-state index >= 15 is 0 Å². The average molecular weight is 430 g/mol. The number of nitrogens with one attached hydrogen (secondary N) is 1. The zero-order valence-electron chi connectivity index (χ0n) is 18.2. The van der Waals surface area contributed by atoms with Gasteiger partial charge in [0, 0.05) is 30.4 Å². The van der Waals surface area contributed by atoms with E-state index in [1.807, 2.05) is 21.9 Å². The number of piperidine rings is 1. The van der Waals surface area contributed by atoms with Gasteiger partial charge in [0.05, 0.1) is 0 Å². The molecule has 1 amide bonds. The molecular weight excluding hydrogens is 398 g/mol. The van der Waals surface area contributed by atoms with Crippen LogP contribution in [-0.2, 0) is 11.3 Å². The molecule has 30 heavy (non-hydrogen) atoms. The summed E-state index contributed by atoms with van der Waals surface area (Å²) in [5.74, 6) is 1.40. The molecule has 4 rings (SSSR count). The van der Waals surface area contributed by atoms with Crippen LogP contribution in [0.1, 0.15) is 52.3 Å². The van der Waals surface area contributed by atoms with E-state index in [0.717, 1.165) is 48.5 Å². The molecule has 0 radical (unpaired) electrons. The zero-order chi connectivity index (χ0) is 21.4. The van der Waals surface area contributed by atoms with E-state index in [-0.39, 0.29) is 30.0 Å². The van der Waals surface area contributed by atoms with Crippen molar-refractivity contribution >= 4 is 33.0 Å². The molecule has 0 aromatic carbocycles. The molecule has 4 heterocycles. The Balaban J connectivity index is 1.55. The first-order chi connectivity index (χ1) is 14.3. The summed E-state index contributed by atoms with van der Waals surface area (Å²) >= 11 is 1.60. The summed E-state index contributed by atoms with van der Waals surface area (Å²) in [5.41, 5.74) is 0.368. The first-order valence-electron chi connectivity index (χ1n) is 10.8. The minimum atomic E-state index is -0.219. The van der Waals surface area contributed by atoms with Crippen LogP contribution in [0.4, 0.5) is 0 Å². The van der Waals surface area contributed by atoms with Crippen LogP contribution in [0.5, 0.6) is 0 Å². The maximum atomic E-state index is 13.1. The lowest BCUT2D eigenvalue weighted by atomic mass is 10.0. The van der Waals surface area contributed by atoms with E-state index in [1.54, 1.807) is 11.3 Å². The number of likely N-dealkylation sites (tertiary alicyclic amines) is 1. The lowest BCUT2D eigenvalue weighted by molar-refractivity contribution is -0.123. The van der Waals surface area contributed by atoms with Crippen molar-refractivity contribution in [1.29, 1.82) is 0 Å². The van der Waals surface area contributed by atoms with Crippen molar-refractivity contribution in [3.05, 3.63) is 33.7 Å². The third-order valence-electron chi connectivity index (χ3n) is 5.62. The van der Waals surface area contributed by atoms with Crippen molar-refractivity contribution in [2.75, 3.05) is 19.6 Å². The van der Waals surface area contributed by atoms with E-state index in [9.17, 15) is 9.59 Å². The van der Waals surface area contributed by atoms with Gasteiger partial charge in [0.2, 0.25) is 5.91 Å². The van der Waals surface area contributed by atoms with E-state index in [0.29, 0.717) is 11.4 Å². The molecular formula is C22H31N5O2S. The average Bonchev–Trinajstić information content (AvgIpc) is 3.25. The van der Waals surface area contributed by atoms with Gasteiger partial charge < -0.3 is 10.2 Å².